The van der Waals surface area contributed by atoms with Crippen molar-refractivity contribution in [2.75, 3.05) is 0 Å². The first kappa shape index (κ1) is 43.1. The first-order valence-corrected chi connectivity index (χ1v) is 22.1. The molecule has 4 aliphatic carbocycles. The zero-order valence-electron chi connectivity index (χ0n) is 35.5. The number of ether oxygens (including phenoxy) is 3. The van der Waals surface area contributed by atoms with Gasteiger partial charge in [-0.1, -0.05) is 85.0 Å². The van der Waals surface area contributed by atoms with Crippen LogP contribution in [0, 0.1) is 29.4 Å². The molecule has 1 amide bonds. The molecule has 0 heterocycles. The molecule has 4 aliphatic rings. The van der Waals surface area contributed by atoms with Crippen molar-refractivity contribution in [2.45, 2.75) is 192 Å². The largest absolute Gasteiger partial charge is 0.444 e. The van der Waals surface area contributed by atoms with Crippen molar-refractivity contribution in [3.63, 3.8) is 0 Å². The minimum Gasteiger partial charge on any atom is -0.444 e. The van der Waals surface area contributed by atoms with Gasteiger partial charge in [0.15, 0.2) is 0 Å². The Bertz CT molecular complexity index is 1770. The van der Waals surface area contributed by atoms with E-state index in [1.54, 1.807) is 0 Å². The average molecular weight is 792 g/mol. The van der Waals surface area contributed by atoms with Crippen molar-refractivity contribution in [2.24, 2.45) is 17.8 Å². The molecule has 2 aromatic rings. The number of esters is 2. The second kappa shape index (κ2) is 18.2. The highest BCUT2D eigenvalue weighted by Gasteiger charge is 2.48. The van der Waals surface area contributed by atoms with Gasteiger partial charge in [0.1, 0.15) is 28.7 Å². The molecule has 7 nitrogen and oxygen atoms in total. The van der Waals surface area contributed by atoms with E-state index in [0.29, 0.717) is 42.4 Å². The summed E-state index contributed by atoms with van der Waals surface area (Å²) in [6, 6.07) is 6.27. The number of unbranched alkanes of at least 4 members (excludes halogenated alkanes) is 5. The number of carbonyl (C=O) groups excluding carboxylic acids is 3. The number of rotatable bonds is 12. The molecule has 57 heavy (non-hydrogen) atoms. The van der Waals surface area contributed by atoms with Crippen LogP contribution in [0.1, 0.15) is 179 Å². The van der Waals surface area contributed by atoms with Crippen LogP contribution >= 0.6 is 0 Å². The molecule has 0 aromatic heterocycles. The Kier molecular flexibility index (Phi) is 13.8. The molecule has 9 heteroatoms. The van der Waals surface area contributed by atoms with Crippen molar-refractivity contribution in [3.05, 3.63) is 58.2 Å². The highest BCUT2D eigenvalue weighted by Crippen LogP contribution is 2.52. The van der Waals surface area contributed by atoms with E-state index in [9.17, 15) is 14.4 Å². The second-order valence-electron chi connectivity index (χ2n) is 19.3. The minimum atomic E-state index is -0.633. The Balaban J connectivity index is 0.941. The van der Waals surface area contributed by atoms with Crippen LogP contribution in [0.5, 0.6) is 11.5 Å². The number of alkyl carbamates (subject to hydrolysis) is 1. The molecule has 0 aliphatic heterocycles. The fraction of sp³-hybridized carbons (Fsp3) is 0.688. The number of amides is 1. The molecule has 2 saturated carbocycles. The first-order chi connectivity index (χ1) is 27.1. The third kappa shape index (κ3) is 10.2. The third-order valence-corrected chi connectivity index (χ3v) is 14.1. The fourth-order valence-electron chi connectivity index (χ4n) is 10.8. The summed E-state index contributed by atoms with van der Waals surface area (Å²) >= 11 is 0. The van der Waals surface area contributed by atoms with Crippen LogP contribution in [-0.2, 0) is 38.0 Å². The molecular formula is C48H67F2NO6. The van der Waals surface area contributed by atoms with E-state index < -0.39 is 23.1 Å². The van der Waals surface area contributed by atoms with Gasteiger partial charge < -0.3 is 19.5 Å². The highest BCUT2D eigenvalue weighted by atomic mass is 19.1. The van der Waals surface area contributed by atoms with E-state index in [1.807, 2.05) is 32.9 Å². The quantitative estimate of drug-likeness (QED) is 0.131. The van der Waals surface area contributed by atoms with Crippen molar-refractivity contribution < 1.29 is 37.4 Å². The maximum Gasteiger partial charge on any atom is 0.407 e. The van der Waals surface area contributed by atoms with E-state index in [2.05, 4.69) is 26.1 Å². The number of halogens is 2. The van der Waals surface area contributed by atoms with Crippen LogP contribution in [0.3, 0.4) is 0 Å². The zero-order valence-corrected chi connectivity index (χ0v) is 35.5. The lowest BCUT2D eigenvalue weighted by molar-refractivity contribution is -0.135. The molecular weight excluding hydrogens is 725 g/mol. The summed E-state index contributed by atoms with van der Waals surface area (Å²) in [4.78, 5) is 38.7. The lowest BCUT2D eigenvalue weighted by Crippen LogP contribution is -2.57. The van der Waals surface area contributed by atoms with Crippen LogP contribution in [0.4, 0.5) is 13.6 Å². The maximum atomic E-state index is 15.7. The van der Waals surface area contributed by atoms with E-state index >= 15 is 8.78 Å². The molecule has 0 unspecified atom stereocenters. The molecule has 314 valence electrons. The molecule has 1 N–H and O–H groups in total. The fourth-order valence-corrected chi connectivity index (χ4v) is 10.8. The monoisotopic (exact) mass is 791 g/mol. The van der Waals surface area contributed by atoms with Crippen LogP contribution < -0.4 is 14.8 Å². The summed E-state index contributed by atoms with van der Waals surface area (Å²) in [5, 5.41) is 3.17. The Morgan fingerprint density at radius 1 is 0.684 bits per heavy atom. The third-order valence-electron chi connectivity index (χ3n) is 14.1. The van der Waals surface area contributed by atoms with Crippen LogP contribution in [0.15, 0.2) is 24.3 Å². The van der Waals surface area contributed by atoms with Crippen LogP contribution in [0.2, 0.25) is 0 Å². The Morgan fingerprint density at radius 3 is 1.70 bits per heavy atom. The lowest BCUT2D eigenvalue weighted by Gasteiger charge is -2.49. The number of nitrogens with one attached hydrogen (secondary N) is 1. The smallest absolute Gasteiger partial charge is 0.407 e. The number of hydrogen-bond acceptors (Lipinski definition) is 6. The number of benzene rings is 2. The molecule has 0 spiro atoms. The van der Waals surface area contributed by atoms with Gasteiger partial charge in [-0.2, -0.15) is 0 Å². The van der Waals surface area contributed by atoms with E-state index in [-0.39, 0.29) is 53.6 Å². The normalized spacial score (nSPS) is 27.0. The van der Waals surface area contributed by atoms with Gasteiger partial charge in [-0.25, -0.2) is 13.6 Å². The van der Waals surface area contributed by atoms with Crippen molar-refractivity contribution in [3.8, 4) is 11.5 Å². The maximum absolute atomic E-state index is 15.7. The predicted molar refractivity (Wildman–Crippen MR) is 219 cm³/mol. The van der Waals surface area contributed by atoms with Gasteiger partial charge in [0.2, 0.25) is 0 Å². The molecule has 0 saturated heterocycles. The molecule has 6 rings (SSSR count). The van der Waals surface area contributed by atoms with Crippen LogP contribution in [-0.4, -0.2) is 29.7 Å². The van der Waals surface area contributed by atoms with Crippen molar-refractivity contribution >= 4 is 18.0 Å². The highest BCUT2D eigenvalue weighted by molar-refractivity contribution is 5.73. The summed E-state index contributed by atoms with van der Waals surface area (Å²) in [6.07, 6.45) is 16.7. The second-order valence-corrected chi connectivity index (χ2v) is 19.3. The SMILES string of the molecule is C[C@H]1[C@H]2CCCCC[C@]1(C)c1cc(OC(=O)CCCCCCCCC(=O)Oc3cc(F)c4c(c3)[C@@]3(C)CCCCC[C@@H](C4)[C@@H]3NC(=O)OC(C)(C)C)cc(F)c1C2. The standard InChI is InChI=1S/C48H67F2NO6/c1-31-32-19-13-11-17-23-47(31,5)38-27-34(29-40(49)36(38)25-32)55-42(52)21-15-9-7-8-10-16-22-43(53)56-35-28-39-37(41(50)30-35)26-33-20-14-12-18-24-48(39,6)44(33)51-45(54)57-46(2,3)4/h27-33,44H,7-26H2,1-6H3,(H,51,54)/t31-,32-,33-,44-,47-,48+/m0/s1. The summed E-state index contributed by atoms with van der Waals surface area (Å²) in [7, 11) is 0. The lowest BCUT2D eigenvalue weighted by atomic mass is 9.57. The van der Waals surface area contributed by atoms with Gasteiger partial charge in [-0.05, 0) is 130 Å². The summed E-state index contributed by atoms with van der Waals surface area (Å²) in [6.45, 7) is 12.2. The van der Waals surface area contributed by atoms with Gasteiger partial charge >= 0.3 is 18.0 Å². The number of fused-ring (bicyclic) bond motifs is 8. The van der Waals surface area contributed by atoms with Gasteiger partial charge in [0.25, 0.3) is 0 Å². The van der Waals surface area contributed by atoms with E-state index in [1.165, 1.54) is 25.0 Å². The summed E-state index contributed by atoms with van der Waals surface area (Å²) in [5.74, 6) is 0.223. The molecule has 2 fully saturated rings. The molecule has 4 bridgehead atoms. The molecule has 6 atom stereocenters. The first-order valence-electron chi connectivity index (χ1n) is 22.1. The van der Waals surface area contributed by atoms with Gasteiger partial charge in [0, 0.05) is 36.4 Å². The molecule has 0 radical (unpaired) electrons. The number of hydrogen-bond donors (Lipinski definition) is 1. The van der Waals surface area contributed by atoms with Crippen molar-refractivity contribution in [1.82, 2.24) is 5.32 Å². The summed E-state index contributed by atoms with van der Waals surface area (Å²) in [5.41, 5.74) is 2.02. The number of carbonyl (C=O) groups is 3. The molecule has 2 aromatic carbocycles. The topological polar surface area (TPSA) is 90.9 Å². The minimum absolute atomic E-state index is 0.0829. The Morgan fingerprint density at radius 2 is 1.16 bits per heavy atom. The average Bonchev–Trinajstić information content (AvgIpc) is 3.12. The van der Waals surface area contributed by atoms with Crippen molar-refractivity contribution in [1.29, 1.82) is 0 Å². The van der Waals surface area contributed by atoms with Crippen LogP contribution in [0.25, 0.3) is 0 Å². The Labute approximate surface area is 339 Å². The zero-order chi connectivity index (χ0) is 41.0. The van der Waals surface area contributed by atoms with Gasteiger partial charge in [0.05, 0.1) is 0 Å². The van der Waals surface area contributed by atoms with E-state index in [0.717, 1.165) is 100 Å². The van der Waals surface area contributed by atoms with Gasteiger partial charge in [-0.15, -0.1) is 0 Å². The Hall–Kier alpha value is -3.49. The summed E-state index contributed by atoms with van der Waals surface area (Å²) < 4.78 is 48.2. The van der Waals surface area contributed by atoms with E-state index in [4.69, 9.17) is 14.2 Å². The predicted octanol–water partition coefficient (Wildman–Crippen LogP) is 11.9. The van der Waals surface area contributed by atoms with Gasteiger partial charge in [-0.3, -0.25) is 9.59 Å².